The number of fused-ring (bicyclic) bond motifs is 1. The lowest BCUT2D eigenvalue weighted by Crippen LogP contribution is -2.47. The van der Waals surface area contributed by atoms with Gasteiger partial charge in [0, 0.05) is 44.3 Å². The largest absolute Gasteiger partial charge is 0.480 e. The number of hydrogen-bond donors (Lipinski definition) is 2. The van der Waals surface area contributed by atoms with Crippen LogP contribution in [0.3, 0.4) is 0 Å². The molecular formula is C30H42N4O3. The molecule has 3 aliphatic heterocycles. The number of aromatic nitrogens is 1. The van der Waals surface area contributed by atoms with Crippen molar-refractivity contribution in [2.75, 3.05) is 38.0 Å². The Hall–Kier alpha value is -2.93. The van der Waals surface area contributed by atoms with Crippen LogP contribution in [0.4, 0.5) is 5.82 Å². The maximum atomic E-state index is 13.2. The van der Waals surface area contributed by atoms with Gasteiger partial charge in [-0.25, -0.2) is 4.98 Å². The van der Waals surface area contributed by atoms with E-state index in [1.807, 2.05) is 54.0 Å². The van der Waals surface area contributed by atoms with Gasteiger partial charge in [0.2, 0.25) is 5.91 Å². The Morgan fingerprint density at radius 2 is 1.70 bits per heavy atom. The molecule has 1 amide bonds. The number of carboxylic acid groups (broad SMARTS) is 1. The molecule has 3 aliphatic rings. The number of rotatable bonds is 6. The summed E-state index contributed by atoms with van der Waals surface area (Å²) in [6.45, 7) is 7.91. The van der Waals surface area contributed by atoms with Gasteiger partial charge in [-0.3, -0.25) is 14.5 Å². The number of likely N-dealkylation sites (tertiary alicyclic amines) is 2. The van der Waals surface area contributed by atoms with Crippen molar-refractivity contribution in [1.29, 1.82) is 0 Å². The SMILES string of the molecule is CC.O=C(O)C(c1ccccc1)N1CCC(C(=O)N2CCC(Cc3ccc4c(n3)NCCC4)CC2)CC1. The van der Waals surface area contributed by atoms with E-state index < -0.39 is 12.0 Å². The molecule has 200 valence electrons. The number of benzene rings is 1. The van der Waals surface area contributed by atoms with Crippen LogP contribution in [-0.4, -0.2) is 64.5 Å². The molecule has 2 saturated heterocycles. The predicted molar refractivity (Wildman–Crippen MR) is 147 cm³/mol. The third kappa shape index (κ3) is 6.69. The molecule has 7 heteroatoms. The Balaban J connectivity index is 0.00000156. The third-order valence-electron chi connectivity index (χ3n) is 7.97. The van der Waals surface area contributed by atoms with E-state index in [1.54, 1.807) is 0 Å². The van der Waals surface area contributed by atoms with Gasteiger partial charge < -0.3 is 15.3 Å². The molecule has 2 aromatic rings. The van der Waals surface area contributed by atoms with Crippen molar-refractivity contribution in [2.24, 2.45) is 11.8 Å². The maximum Gasteiger partial charge on any atom is 0.325 e. The van der Waals surface area contributed by atoms with Crippen LogP contribution in [0.5, 0.6) is 0 Å². The van der Waals surface area contributed by atoms with Gasteiger partial charge >= 0.3 is 5.97 Å². The van der Waals surface area contributed by atoms with Crippen LogP contribution in [0, 0.1) is 11.8 Å². The summed E-state index contributed by atoms with van der Waals surface area (Å²) in [5.74, 6) is 1.06. The molecule has 4 heterocycles. The Morgan fingerprint density at radius 3 is 2.38 bits per heavy atom. The fourth-order valence-electron chi connectivity index (χ4n) is 5.94. The van der Waals surface area contributed by atoms with Gasteiger partial charge in [0.05, 0.1) is 0 Å². The van der Waals surface area contributed by atoms with Gasteiger partial charge in [0.15, 0.2) is 0 Å². The molecule has 1 atom stereocenters. The van der Waals surface area contributed by atoms with Crippen molar-refractivity contribution in [1.82, 2.24) is 14.8 Å². The summed E-state index contributed by atoms with van der Waals surface area (Å²) >= 11 is 0. The van der Waals surface area contributed by atoms with Crippen LogP contribution < -0.4 is 5.32 Å². The molecule has 5 rings (SSSR count). The van der Waals surface area contributed by atoms with Gasteiger partial charge in [-0.15, -0.1) is 0 Å². The topological polar surface area (TPSA) is 85.8 Å². The number of nitrogens with zero attached hydrogens (tertiary/aromatic N) is 3. The van der Waals surface area contributed by atoms with Crippen LogP contribution in [-0.2, 0) is 22.4 Å². The van der Waals surface area contributed by atoms with Crippen molar-refractivity contribution in [3.63, 3.8) is 0 Å². The molecular weight excluding hydrogens is 464 g/mol. The molecule has 2 N–H and O–H groups in total. The summed E-state index contributed by atoms with van der Waals surface area (Å²) in [5, 5.41) is 13.2. The molecule has 7 nitrogen and oxygen atoms in total. The molecule has 0 radical (unpaired) electrons. The summed E-state index contributed by atoms with van der Waals surface area (Å²) in [6.07, 6.45) is 6.75. The molecule has 37 heavy (non-hydrogen) atoms. The van der Waals surface area contributed by atoms with Gasteiger partial charge in [0.1, 0.15) is 11.9 Å². The second-order valence-corrected chi connectivity index (χ2v) is 10.3. The highest BCUT2D eigenvalue weighted by atomic mass is 16.4. The van der Waals surface area contributed by atoms with Crippen molar-refractivity contribution in [3.05, 3.63) is 59.3 Å². The first-order valence-corrected chi connectivity index (χ1v) is 14.1. The number of aryl methyl sites for hydroxylation is 1. The van der Waals surface area contributed by atoms with E-state index in [9.17, 15) is 14.7 Å². The maximum absolute atomic E-state index is 13.2. The van der Waals surface area contributed by atoms with Crippen LogP contribution in [0.15, 0.2) is 42.5 Å². The quantitative estimate of drug-likeness (QED) is 0.586. The van der Waals surface area contributed by atoms with E-state index >= 15 is 0 Å². The number of amides is 1. The Bertz CT molecular complexity index is 1030. The van der Waals surface area contributed by atoms with Gasteiger partial charge in [-0.2, -0.15) is 0 Å². The minimum atomic E-state index is -0.827. The zero-order valence-corrected chi connectivity index (χ0v) is 22.4. The van der Waals surface area contributed by atoms with Gasteiger partial charge in [-0.1, -0.05) is 50.2 Å². The second-order valence-electron chi connectivity index (χ2n) is 10.3. The Labute approximate surface area is 221 Å². The number of carbonyl (C=O) groups is 2. The molecule has 1 aromatic carbocycles. The van der Waals surface area contributed by atoms with Crippen molar-refractivity contribution in [2.45, 2.75) is 64.8 Å². The van der Waals surface area contributed by atoms with Crippen molar-refractivity contribution in [3.8, 4) is 0 Å². The van der Waals surface area contributed by atoms with E-state index in [0.29, 0.717) is 19.0 Å². The zero-order chi connectivity index (χ0) is 26.2. The number of aliphatic carboxylic acids is 1. The lowest BCUT2D eigenvalue weighted by atomic mass is 9.89. The standard InChI is InChI=1S/C28H36N4O3.C2H6/c33-27(23-12-17-31(18-13-23)25(28(34)35)21-5-2-1-3-6-21)32-15-10-20(11-16-32)19-24-9-8-22-7-4-14-29-26(22)30-24;1-2/h1-3,5-6,8-9,20,23,25H,4,7,10-19H2,(H,29,30)(H,34,35);1-2H3. The average Bonchev–Trinajstić information content (AvgIpc) is 2.95. The number of carbonyl (C=O) groups excluding carboxylic acids is 1. The van der Waals surface area contributed by atoms with E-state index in [2.05, 4.69) is 17.4 Å². The lowest BCUT2D eigenvalue weighted by Gasteiger charge is -2.39. The molecule has 0 bridgehead atoms. The summed E-state index contributed by atoms with van der Waals surface area (Å²) < 4.78 is 0. The number of pyridine rings is 1. The van der Waals surface area contributed by atoms with Crippen molar-refractivity contribution >= 4 is 17.7 Å². The smallest absolute Gasteiger partial charge is 0.325 e. The average molecular weight is 507 g/mol. The number of carboxylic acids is 1. The molecule has 1 aromatic heterocycles. The molecule has 0 aliphatic carbocycles. The summed E-state index contributed by atoms with van der Waals surface area (Å²) in [7, 11) is 0. The van der Waals surface area contributed by atoms with Crippen molar-refractivity contribution < 1.29 is 14.7 Å². The van der Waals surface area contributed by atoms with Crippen LogP contribution >= 0.6 is 0 Å². The first-order chi connectivity index (χ1) is 18.1. The Kier molecular flexibility index (Phi) is 9.56. The fraction of sp³-hybridized carbons (Fsp3) is 0.567. The lowest BCUT2D eigenvalue weighted by molar-refractivity contribution is -0.145. The van der Waals surface area contributed by atoms with Gasteiger partial charge in [-0.05, 0) is 68.1 Å². The molecule has 2 fully saturated rings. The normalized spacial score (nSPS) is 19.7. The second kappa shape index (κ2) is 13.0. The minimum Gasteiger partial charge on any atom is -0.480 e. The van der Waals surface area contributed by atoms with Crippen LogP contribution in [0.1, 0.15) is 68.8 Å². The number of hydrogen-bond acceptors (Lipinski definition) is 5. The van der Waals surface area contributed by atoms with E-state index in [4.69, 9.17) is 4.98 Å². The first kappa shape index (κ1) is 27.1. The summed E-state index contributed by atoms with van der Waals surface area (Å²) in [6, 6.07) is 13.2. The number of nitrogens with one attached hydrogen (secondary N) is 1. The summed E-state index contributed by atoms with van der Waals surface area (Å²) in [4.78, 5) is 34.1. The van der Waals surface area contributed by atoms with E-state index in [0.717, 1.165) is 75.2 Å². The van der Waals surface area contributed by atoms with Gasteiger partial charge in [0.25, 0.3) is 0 Å². The highest BCUT2D eigenvalue weighted by molar-refractivity contribution is 5.79. The first-order valence-electron chi connectivity index (χ1n) is 14.1. The highest BCUT2D eigenvalue weighted by Crippen LogP contribution is 2.30. The molecule has 1 unspecified atom stereocenters. The van der Waals surface area contributed by atoms with E-state index in [-0.39, 0.29) is 11.8 Å². The predicted octanol–water partition coefficient (Wildman–Crippen LogP) is 4.78. The zero-order valence-electron chi connectivity index (χ0n) is 22.4. The molecule has 0 spiro atoms. The van der Waals surface area contributed by atoms with Crippen LogP contribution in [0.2, 0.25) is 0 Å². The molecule has 0 saturated carbocycles. The minimum absolute atomic E-state index is 0.00130. The van der Waals surface area contributed by atoms with E-state index in [1.165, 1.54) is 12.0 Å². The number of anilines is 1. The Morgan fingerprint density at radius 1 is 1.00 bits per heavy atom. The summed E-state index contributed by atoms with van der Waals surface area (Å²) in [5.41, 5.74) is 3.28. The third-order valence-corrected chi connectivity index (χ3v) is 7.97. The number of piperidine rings is 2. The fourth-order valence-corrected chi connectivity index (χ4v) is 5.94. The monoisotopic (exact) mass is 506 g/mol. The van der Waals surface area contributed by atoms with Crippen LogP contribution in [0.25, 0.3) is 0 Å². The highest BCUT2D eigenvalue weighted by Gasteiger charge is 2.35.